The first-order valence-corrected chi connectivity index (χ1v) is 7.05. The zero-order chi connectivity index (χ0) is 15.7. The van der Waals surface area contributed by atoms with Gasteiger partial charge in [0.25, 0.3) is 0 Å². The van der Waals surface area contributed by atoms with E-state index in [1.54, 1.807) is 31.6 Å². The first kappa shape index (κ1) is 17.5. The number of nitrogens with zero attached hydrogens (tertiary/aromatic N) is 2. The topological polar surface area (TPSA) is 67.3 Å². The van der Waals surface area contributed by atoms with Crippen molar-refractivity contribution in [3.63, 3.8) is 0 Å². The predicted molar refractivity (Wildman–Crippen MR) is 83.7 cm³/mol. The maximum atomic E-state index is 10.1. The Morgan fingerprint density at radius 1 is 1.48 bits per heavy atom. The molecule has 0 radical (unpaired) electrons. The number of rotatable bonds is 9. The highest BCUT2D eigenvalue weighted by Crippen LogP contribution is 2.14. The molecule has 0 amide bonds. The number of hydrogen-bond acceptors (Lipinski definition) is 5. The summed E-state index contributed by atoms with van der Waals surface area (Å²) in [6.07, 6.45) is 6.17. The van der Waals surface area contributed by atoms with Crippen LogP contribution in [-0.4, -0.2) is 40.9 Å². The lowest BCUT2D eigenvalue weighted by Crippen LogP contribution is -2.31. The number of nitrogens with one attached hydrogen (secondary N) is 1. The van der Waals surface area contributed by atoms with Gasteiger partial charge in [0.15, 0.2) is 0 Å². The summed E-state index contributed by atoms with van der Waals surface area (Å²) in [5, 5.41) is 13.4. The van der Waals surface area contributed by atoms with E-state index in [0.717, 1.165) is 17.9 Å². The molecule has 0 spiro atoms. The van der Waals surface area contributed by atoms with Crippen molar-refractivity contribution in [3.8, 4) is 0 Å². The molecular formula is C16H25N3O2. The monoisotopic (exact) mass is 291 g/mol. The third kappa shape index (κ3) is 6.16. The lowest BCUT2D eigenvalue weighted by Gasteiger charge is -2.22. The van der Waals surface area contributed by atoms with Gasteiger partial charge < -0.3 is 15.2 Å². The molecule has 0 bridgehead atoms. The minimum absolute atomic E-state index is 0.0114. The van der Waals surface area contributed by atoms with Crippen LogP contribution in [0.2, 0.25) is 0 Å². The first-order chi connectivity index (χ1) is 10.1. The fourth-order valence-corrected chi connectivity index (χ4v) is 2.07. The largest absolute Gasteiger partial charge is 0.389 e. The van der Waals surface area contributed by atoms with Gasteiger partial charge in [0, 0.05) is 32.0 Å². The molecule has 116 valence electrons. The van der Waals surface area contributed by atoms with Crippen LogP contribution < -0.4 is 5.32 Å². The molecule has 0 saturated carbocycles. The van der Waals surface area contributed by atoms with Gasteiger partial charge in [0.2, 0.25) is 0 Å². The van der Waals surface area contributed by atoms with E-state index in [1.165, 1.54) is 0 Å². The van der Waals surface area contributed by atoms with Crippen molar-refractivity contribution in [1.82, 2.24) is 15.3 Å². The molecule has 1 aromatic heterocycles. The van der Waals surface area contributed by atoms with E-state index in [0.29, 0.717) is 6.54 Å². The zero-order valence-electron chi connectivity index (χ0n) is 13.0. The summed E-state index contributed by atoms with van der Waals surface area (Å²) in [5.74, 6) is 0.757. The number of aromatic nitrogens is 2. The molecule has 1 rings (SSSR count). The van der Waals surface area contributed by atoms with Crippen molar-refractivity contribution in [2.24, 2.45) is 5.92 Å². The first-order valence-electron chi connectivity index (χ1n) is 7.05. The molecule has 0 aliphatic heterocycles. The van der Waals surface area contributed by atoms with Crippen LogP contribution in [0.4, 0.5) is 0 Å². The van der Waals surface area contributed by atoms with Crippen LogP contribution in [0.25, 0.3) is 0 Å². The number of methoxy groups -OCH3 is 1. The van der Waals surface area contributed by atoms with Crippen LogP contribution >= 0.6 is 0 Å². The molecule has 0 fully saturated rings. The van der Waals surface area contributed by atoms with Gasteiger partial charge >= 0.3 is 0 Å². The Kier molecular flexibility index (Phi) is 7.82. The van der Waals surface area contributed by atoms with Gasteiger partial charge in [-0.2, -0.15) is 0 Å². The SMILES string of the molecule is C=CC(OC)C(O)C(C)/C=C(/C)CNCc1ncccn1. The summed E-state index contributed by atoms with van der Waals surface area (Å²) < 4.78 is 5.17. The van der Waals surface area contributed by atoms with Crippen LogP contribution in [0.1, 0.15) is 19.7 Å². The van der Waals surface area contributed by atoms with Crippen LogP contribution in [0.15, 0.2) is 42.8 Å². The molecule has 0 saturated heterocycles. The summed E-state index contributed by atoms with van der Waals surface area (Å²) >= 11 is 0. The maximum absolute atomic E-state index is 10.1. The molecule has 1 aromatic rings. The Hall–Kier alpha value is -1.56. The van der Waals surface area contributed by atoms with E-state index < -0.39 is 6.10 Å². The molecule has 5 heteroatoms. The highest BCUT2D eigenvalue weighted by molar-refractivity contribution is 5.06. The number of aliphatic hydroxyl groups is 1. The minimum Gasteiger partial charge on any atom is -0.389 e. The van der Waals surface area contributed by atoms with Crippen molar-refractivity contribution < 1.29 is 9.84 Å². The van der Waals surface area contributed by atoms with Crippen molar-refractivity contribution >= 4 is 0 Å². The van der Waals surface area contributed by atoms with Crippen LogP contribution in [0.3, 0.4) is 0 Å². The van der Waals surface area contributed by atoms with Crippen LogP contribution in [0.5, 0.6) is 0 Å². The maximum Gasteiger partial charge on any atom is 0.141 e. The standard InChI is InChI=1S/C16H25N3O2/c1-5-14(21-4)16(20)13(3)9-12(2)10-17-11-15-18-7-6-8-19-15/h5-9,13-14,16-17,20H,1,10-11H2,2-4H3/b12-9-. The van der Waals surface area contributed by atoms with Crippen molar-refractivity contribution in [3.05, 3.63) is 48.6 Å². The molecule has 1 heterocycles. The summed E-state index contributed by atoms with van der Waals surface area (Å²) in [4.78, 5) is 8.30. The molecule has 3 atom stereocenters. The van der Waals surface area contributed by atoms with Crippen LogP contribution in [-0.2, 0) is 11.3 Å². The quantitative estimate of drug-likeness (QED) is 0.678. The molecule has 2 N–H and O–H groups in total. The van der Waals surface area contributed by atoms with E-state index in [9.17, 15) is 5.11 Å². The van der Waals surface area contributed by atoms with Gasteiger partial charge in [-0.25, -0.2) is 9.97 Å². The predicted octanol–water partition coefficient (Wildman–Crippen LogP) is 1.71. The third-order valence-electron chi connectivity index (χ3n) is 3.23. The minimum atomic E-state index is -0.597. The van der Waals surface area contributed by atoms with E-state index in [4.69, 9.17) is 4.74 Å². The Bertz CT molecular complexity index is 448. The Morgan fingerprint density at radius 2 is 2.14 bits per heavy atom. The van der Waals surface area contributed by atoms with Gasteiger partial charge in [0.05, 0.1) is 12.6 Å². The average molecular weight is 291 g/mol. The van der Waals surface area contributed by atoms with E-state index in [1.807, 2.05) is 19.9 Å². The second kappa shape index (κ2) is 9.39. The highest BCUT2D eigenvalue weighted by Gasteiger charge is 2.20. The fourth-order valence-electron chi connectivity index (χ4n) is 2.07. The van der Waals surface area contributed by atoms with Gasteiger partial charge in [-0.1, -0.05) is 24.6 Å². The molecular weight excluding hydrogens is 266 g/mol. The average Bonchev–Trinajstić information content (AvgIpc) is 2.49. The lowest BCUT2D eigenvalue weighted by atomic mass is 9.97. The van der Waals surface area contributed by atoms with E-state index in [-0.39, 0.29) is 12.0 Å². The molecule has 0 aliphatic carbocycles. The van der Waals surface area contributed by atoms with Gasteiger partial charge in [-0.05, 0) is 13.0 Å². The van der Waals surface area contributed by atoms with E-state index >= 15 is 0 Å². The molecule has 0 aliphatic rings. The summed E-state index contributed by atoms with van der Waals surface area (Å²) in [6, 6.07) is 1.80. The Balaban J connectivity index is 2.43. The van der Waals surface area contributed by atoms with Gasteiger partial charge in [-0.3, -0.25) is 0 Å². The second-order valence-corrected chi connectivity index (χ2v) is 5.07. The van der Waals surface area contributed by atoms with Gasteiger partial charge in [-0.15, -0.1) is 6.58 Å². The lowest BCUT2D eigenvalue weighted by molar-refractivity contribution is -0.00153. The molecule has 5 nitrogen and oxygen atoms in total. The fraction of sp³-hybridized carbons (Fsp3) is 0.500. The smallest absolute Gasteiger partial charge is 0.141 e. The zero-order valence-corrected chi connectivity index (χ0v) is 13.0. The van der Waals surface area contributed by atoms with Crippen molar-refractivity contribution in [2.45, 2.75) is 32.6 Å². The summed E-state index contributed by atoms with van der Waals surface area (Å²) in [7, 11) is 1.57. The second-order valence-electron chi connectivity index (χ2n) is 5.07. The number of hydrogen-bond donors (Lipinski definition) is 2. The number of ether oxygens (including phenoxy) is 1. The summed E-state index contributed by atoms with van der Waals surface area (Å²) in [5.41, 5.74) is 1.15. The molecule has 0 aromatic carbocycles. The number of aliphatic hydroxyl groups excluding tert-OH is 1. The normalized spacial score (nSPS) is 16.3. The summed E-state index contributed by atoms with van der Waals surface area (Å²) in [6.45, 7) is 9.00. The Morgan fingerprint density at radius 3 is 2.71 bits per heavy atom. The Labute approximate surface area is 126 Å². The van der Waals surface area contributed by atoms with Gasteiger partial charge in [0.1, 0.15) is 11.9 Å². The van der Waals surface area contributed by atoms with Crippen molar-refractivity contribution in [1.29, 1.82) is 0 Å². The van der Waals surface area contributed by atoms with E-state index in [2.05, 4.69) is 21.9 Å². The highest BCUT2D eigenvalue weighted by atomic mass is 16.5. The molecule has 21 heavy (non-hydrogen) atoms. The third-order valence-corrected chi connectivity index (χ3v) is 3.23. The molecule has 3 unspecified atom stereocenters. The van der Waals surface area contributed by atoms with Crippen molar-refractivity contribution in [2.75, 3.05) is 13.7 Å². The van der Waals surface area contributed by atoms with Crippen LogP contribution in [0, 0.1) is 5.92 Å².